The molecule has 0 unspecified atom stereocenters. The topological polar surface area (TPSA) is 39.4 Å². The van der Waals surface area contributed by atoms with Crippen LogP contribution in [0.15, 0.2) is 23.0 Å². The van der Waals surface area contributed by atoms with Gasteiger partial charge in [0.1, 0.15) is 0 Å². The van der Waals surface area contributed by atoms with Crippen LogP contribution >= 0.6 is 0 Å². The van der Waals surface area contributed by atoms with E-state index in [-0.39, 0.29) is 0 Å². The maximum Gasteiger partial charge on any atom is 0.293 e. The van der Waals surface area contributed by atoms with Crippen LogP contribution in [0.2, 0.25) is 0 Å². The van der Waals surface area contributed by atoms with Gasteiger partial charge >= 0.3 is 0 Å². The number of carbonyl (C=O) groups is 1. The van der Waals surface area contributed by atoms with Crippen molar-refractivity contribution in [1.82, 2.24) is 0 Å². The molecule has 1 aromatic rings. The van der Waals surface area contributed by atoms with Gasteiger partial charge < -0.3 is 9.15 Å². The molecule has 78 valence electrons. The average Bonchev–Trinajstić information content (AvgIpc) is 2.69. The molecular formula is C11H16O3. The van der Waals surface area contributed by atoms with Gasteiger partial charge in [0.05, 0.1) is 19.1 Å². The fraction of sp³-hybridized carbons (Fsp3) is 0.545. The van der Waals surface area contributed by atoms with Crippen molar-refractivity contribution in [2.45, 2.75) is 32.1 Å². The summed E-state index contributed by atoms with van der Waals surface area (Å²) >= 11 is 0. The van der Waals surface area contributed by atoms with Gasteiger partial charge in [-0.1, -0.05) is 12.8 Å². The maximum atomic E-state index is 9.82. The van der Waals surface area contributed by atoms with Crippen LogP contribution in [-0.2, 0) is 16.0 Å². The van der Waals surface area contributed by atoms with E-state index in [2.05, 4.69) is 4.74 Å². The number of hydrogen-bond acceptors (Lipinski definition) is 3. The van der Waals surface area contributed by atoms with Crippen molar-refractivity contribution >= 4 is 6.47 Å². The highest BCUT2D eigenvalue weighted by Crippen LogP contribution is 2.08. The van der Waals surface area contributed by atoms with E-state index < -0.39 is 0 Å². The van der Waals surface area contributed by atoms with E-state index in [1.807, 2.05) is 6.07 Å². The Morgan fingerprint density at radius 2 is 2.14 bits per heavy atom. The summed E-state index contributed by atoms with van der Waals surface area (Å²) in [5.41, 5.74) is 1.26. The maximum absolute atomic E-state index is 9.82. The van der Waals surface area contributed by atoms with Gasteiger partial charge in [-0.3, -0.25) is 4.79 Å². The van der Waals surface area contributed by atoms with Gasteiger partial charge in [0.2, 0.25) is 0 Å². The van der Waals surface area contributed by atoms with Crippen molar-refractivity contribution in [2.75, 3.05) is 6.61 Å². The lowest BCUT2D eigenvalue weighted by Gasteiger charge is -1.99. The second-order valence-corrected chi connectivity index (χ2v) is 3.26. The summed E-state index contributed by atoms with van der Waals surface area (Å²) < 4.78 is 9.56. The van der Waals surface area contributed by atoms with Crippen LogP contribution in [0.3, 0.4) is 0 Å². The normalized spacial score (nSPS) is 10.0. The Labute approximate surface area is 84.1 Å². The van der Waals surface area contributed by atoms with Crippen molar-refractivity contribution < 1.29 is 13.9 Å². The van der Waals surface area contributed by atoms with Gasteiger partial charge in [0.25, 0.3) is 6.47 Å². The molecule has 1 rings (SSSR count). The number of ether oxygens (including phenoxy) is 1. The zero-order valence-electron chi connectivity index (χ0n) is 8.28. The SMILES string of the molecule is O=COCCCCCCc1ccoc1. The molecule has 0 radical (unpaired) electrons. The second-order valence-electron chi connectivity index (χ2n) is 3.26. The van der Waals surface area contributed by atoms with E-state index in [4.69, 9.17) is 4.42 Å². The first-order valence-electron chi connectivity index (χ1n) is 5.00. The van der Waals surface area contributed by atoms with Gasteiger partial charge in [-0.25, -0.2) is 0 Å². The van der Waals surface area contributed by atoms with Crippen LogP contribution in [0.1, 0.15) is 31.2 Å². The van der Waals surface area contributed by atoms with Crippen LogP contribution in [0, 0.1) is 0 Å². The highest BCUT2D eigenvalue weighted by molar-refractivity contribution is 5.36. The summed E-state index contributed by atoms with van der Waals surface area (Å²) in [7, 11) is 0. The highest BCUT2D eigenvalue weighted by atomic mass is 16.5. The Hall–Kier alpha value is -1.25. The van der Waals surface area contributed by atoms with Crippen molar-refractivity contribution in [2.24, 2.45) is 0 Å². The first-order chi connectivity index (χ1) is 6.93. The molecule has 3 nitrogen and oxygen atoms in total. The molecular weight excluding hydrogens is 180 g/mol. The summed E-state index contributed by atoms with van der Waals surface area (Å²) in [4.78, 5) is 9.82. The Morgan fingerprint density at radius 1 is 1.29 bits per heavy atom. The number of unbranched alkanes of at least 4 members (excludes halogenated alkanes) is 3. The van der Waals surface area contributed by atoms with E-state index in [1.165, 1.54) is 18.4 Å². The quantitative estimate of drug-likeness (QED) is 0.474. The molecule has 0 aromatic carbocycles. The van der Waals surface area contributed by atoms with Crippen LogP contribution in [0.5, 0.6) is 0 Å². The number of rotatable bonds is 8. The molecule has 3 heteroatoms. The first-order valence-corrected chi connectivity index (χ1v) is 5.00. The fourth-order valence-corrected chi connectivity index (χ4v) is 1.35. The number of carbonyl (C=O) groups excluding carboxylic acids is 1. The zero-order valence-corrected chi connectivity index (χ0v) is 8.28. The van der Waals surface area contributed by atoms with Crippen LogP contribution in [0.25, 0.3) is 0 Å². The molecule has 0 bridgehead atoms. The van der Waals surface area contributed by atoms with Crippen molar-refractivity contribution in [3.05, 3.63) is 24.2 Å². The minimum atomic E-state index is 0.505. The molecule has 14 heavy (non-hydrogen) atoms. The fourth-order valence-electron chi connectivity index (χ4n) is 1.35. The minimum Gasteiger partial charge on any atom is -0.472 e. The smallest absolute Gasteiger partial charge is 0.293 e. The van der Waals surface area contributed by atoms with Gasteiger partial charge in [0, 0.05) is 0 Å². The molecule has 0 aliphatic carbocycles. The predicted octanol–water partition coefficient (Wildman–Crippen LogP) is 2.56. The third-order valence-corrected chi connectivity index (χ3v) is 2.13. The van der Waals surface area contributed by atoms with E-state index in [9.17, 15) is 4.79 Å². The third-order valence-electron chi connectivity index (χ3n) is 2.13. The highest BCUT2D eigenvalue weighted by Gasteiger charge is 1.94. The number of hydrogen-bond donors (Lipinski definition) is 0. The van der Waals surface area contributed by atoms with Crippen molar-refractivity contribution in [1.29, 1.82) is 0 Å². The van der Waals surface area contributed by atoms with E-state index in [0.717, 1.165) is 19.3 Å². The van der Waals surface area contributed by atoms with Crippen LogP contribution < -0.4 is 0 Å². The third kappa shape index (κ3) is 4.70. The Kier molecular flexibility index (Phi) is 5.56. The predicted molar refractivity (Wildman–Crippen MR) is 52.9 cm³/mol. The molecule has 0 N–H and O–H groups in total. The molecule has 0 fully saturated rings. The average molecular weight is 196 g/mol. The van der Waals surface area contributed by atoms with Crippen molar-refractivity contribution in [3.8, 4) is 0 Å². The van der Waals surface area contributed by atoms with E-state index in [0.29, 0.717) is 13.1 Å². The largest absolute Gasteiger partial charge is 0.472 e. The lowest BCUT2D eigenvalue weighted by atomic mass is 10.1. The minimum absolute atomic E-state index is 0.505. The molecule has 0 saturated carbocycles. The second kappa shape index (κ2) is 7.18. The summed E-state index contributed by atoms with van der Waals surface area (Å²) in [6, 6.07) is 2.00. The molecule has 0 aliphatic rings. The Morgan fingerprint density at radius 3 is 2.86 bits per heavy atom. The summed E-state index contributed by atoms with van der Waals surface area (Å²) in [5.74, 6) is 0. The molecule has 1 aromatic heterocycles. The number of furan rings is 1. The molecule has 0 spiro atoms. The molecule has 0 amide bonds. The summed E-state index contributed by atoms with van der Waals surface area (Å²) in [6.45, 7) is 1.06. The molecule has 0 aliphatic heterocycles. The molecule has 0 atom stereocenters. The summed E-state index contributed by atoms with van der Waals surface area (Å²) in [6.07, 6.45) is 8.98. The standard InChI is InChI=1S/C11H16O3/c12-10-14-7-4-2-1-3-5-11-6-8-13-9-11/h6,8-10H,1-5,7H2. The van der Waals surface area contributed by atoms with Crippen LogP contribution in [0.4, 0.5) is 0 Å². The Balaban J connectivity index is 1.87. The molecule has 0 saturated heterocycles. The lowest BCUT2D eigenvalue weighted by Crippen LogP contribution is -1.91. The molecule has 1 heterocycles. The van der Waals surface area contributed by atoms with Gasteiger partial charge in [-0.05, 0) is 30.9 Å². The first kappa shape index (κ1) is 10.8. The Bertz CT molecular complexity index is 229. The number of aryl methyl sites for hydroxylation is 1. The van der Waals surface area contributed by atoms with Gasteiger partial charge in [0.15, 0.2) is 0 Å². The van der Waals surface area contributed by atoms with Crippen LogP contribution in [-0.4, -0.2) is 13.1 Å². The lowest BCUT2D eigenvalue weighted by molar-refractivity contribution is -0.128. The van der Waals surface area contributed by atoms with E-state index in [1.54, 1.807) is 12.5 Å². The summed E-state index contributed by atoms with van der Waals surface area (Å²) in [5, 5.41) is 0. The van der Waals surface area contributed by atoms with Crippen molar-refractivity contribution in [3.63, 3.8) is 0 Å². The monoisotopic (exact) mass is 196 g/mol. The zero-order chi connectivity index (χ0) is 10.1. The van der Waals surface area contributed by atoms with Gasteiger partial charge in [-0.15, -0.1) is 0 Å². The van der Waals surface area contributed by atoms with E-state index >= 15 is 0 Å². The van der Waals surface area contributed by atoms with Gasteiger partial charge in [-0.2, -0.15) is 0 Å².